The van der Waals surface area contributed by atoms with Crippen molar-refractivity contribution in [3.8, 4) is 11.5 Å². The zero-order chi connectivity index (χ0) is 14.4. The monoisotopic (exact) mass is 273 g/mol. The Morgan fingerprint density at radius 3 is 2.50 bits per heavy atom. The van der Waals surface area contributed by atoms with Crippen molar-refractivity contribution in [1.29, 1.82) is 0 Å². The molecule has 0 aliphatic heterocycles. The van der Waals surface area contributed by atoms with Crippen LogP contribution in [0, 0.1) is 12.7 Å². The van der Waals surface area contributed by atoms with E-state index in [1.165, 1.54) is 6.07 Å². The minimum absolute atomic E-state index is 0.257. The Kier molecular flexibility index (Phi) is 5.13. The molecule has 0 aliphatic carbocycles. The van der Waals surface area contributed by atoms with Crippen molar-refractivity contribution in [3.63, 3.8) is 0 Å². The van der Waals surface area contributed by atoms with Crippen LogP contribution in [0.5, 0.6) is 11.5 Å². The first-order chi connectivity index (χ1) is 9.69. The van der Waals surface area contributed by atoms with E-state index >= 15 is 0 Å². The summed E-state index contributed by atoms with van der Waals surface area (Å²) in [4.78, 5) is 0. The van der Waals surface area contributed by atoms with Gasteiger partial charge in [0.25, 0.3) is 0 Å². The quantitative estimate of drug-likeness (QED) is 0.786. The molecule has 0 radical (unpaired) electrons. The summed E-state index contributed by atoms with van der Waals surface area (Å²) in [5.74, 6) is 0.570. The number of halogens is 1. The zero-order valence-electron chi connectivity index (χ0n) is 11.9. The molecule has 0 fully saturated rings. The lowest BCUT2D eigenvalue weighted by molar-refractivity contribution is 0.441. The van der Waals surface area contributed by atoms with Crippen LogP contribution in [0.15, 0.2) is 42.5 Å². The Labute approximate surface area is 119 Å². The van der Waals surface area contributed by atoms with Crippen molar-refractivity contribution in [1.82, 2.24) is 5.32 Å². The fraction of sp³-hybridized carbons (Fsp3) is 0.294. The molecule has 0 aliphatic rings. The lowest BCUT2D eigenvalue weighted by Gasteiger charge is -2.09. The molecule has 0 heterocycles. The van der Waals surface area contributed by atoms with Crippen LogP contribution in [0.4, 0.5) is 4.39 Å². The number of aryl methyl sites for hydroxylation is 1. The summed E-state index contributed by atoms with van der Waals surface area (Å²) in [6.45, 7) is 5.72. The van der Waals surface area contributed by atoms with Crippen LogP contribution >= 0.6 is 0 Å². The summed E-state index contributed by atoms with van der Waals surface area (Å²) in [5.41, 5.74) is 2.07. The number of nitrogens with one attached hydrogen (secondary N) is 1. The van der Waals surface area contributed by atoms with Gasteiger partial charge in [0.15, 0.2) is 11.6 Å². The Balaban J connectivity index is 2.03. The van der Waals surface area contributed by atoms with Crippen molar-refractivity contribution in [2.24, 2.45) is 0 Å². The van der Waals surface area contributed by atoms with Gasteiger partial charge in [-0.05, 0) is 49.7 Å². The highest BCUT2D eigenvalue weighted by Crippen LogP contribution is 2.25. The van der Waals surface area contributed by atoms with Crippen molar-refractivity contribution >= 4 is 0 Å². The van der Waals surface area contributed by atoms with E-state index < -0.39 is 0 Å². The summed E-state index contributed by atoms with van der Waals surface area (Å²) < 4.78 is 19.5. The van der Waals surface area contributed by atoms with E-state index in [1.807, 2.05) is 37.3 Å². The van der Waals surface area contributed by atoms with Gasteiger partial charge in [-0.1, -0.05) is 30.7 Å². The first-order valence-corrected chi connectivity index (χ1v) is 6.92. The van der Waals surface area contributed by atoms with Crippen molar-refractivity contribution in [3.05, 3.63) is 59.4 Å². The normalized spacial score (nSPS) is 10.6. The molecule has 106 valence electrons. The molecule has 0 atom stereocenters. The lowest BCUT2D eigenvalue weighted by Crippen LogP contribution is -2.13. The second-order valence-electron chi connectivity index (χ2n) is 4.86. The topological polar surface area (TPSA) is 21.3 Å². The SMILES string of the molecule is CCCNCc1ccc(Oc2ccc(C)cc2)c(F)c1. The van der Waals surface area contributed by atoms with Crippen LogP contribution in [0.2, 0.25) is 0 Å². The van der Waals surface area contributed by atoms with E-state index in [0.717, 1.165) is 24.1 Å². The van der Waals surface area contributed by atoms with Crippen molar-refractivity contribution in [2.45, 2.75) is 26.8 Å². The number of rotatable bonds is 6. The molecule has 2 aromatic carbocycles. The molecule has 0 spiro atoms. The molecule has 0 aromatic heterocycles. The minimum Gasteiger partial charge on any atom is -0.454 e. The first kappa shape index (κ1) is 14.5. The number of hydrogen-bond acceptors (Lipinski definition) is 2. The molecule has 0 amide bonds. The predicted molar refractivity (Wildman–Crippen MR) is 79.7 cm³/mol. The Morgan fingerprint density at radius 2 is 1.85 bits per heavy atom. The van der Waals surface area contributed by atoms with Gasteiger partial charge in [-0.25, -0.2) is 4.39 Å². The Bertz CT molecular complexity index is 551. The van der Waals surface area contributed by atoms with Crippen LogP contribution in [0.1, 0.15) is 24.5 Å². The van der Waals surface area contributed by atoms with Crippen LogP contribution < -0.4 is 10.1 Å². The number of benzene rings is 2. The third-order valence-corrected chi connectivity index (χ3v) is 3.00. The van der Waals surface area contributed by atoms with Gasteiger partial charge in [0.05, 0.1) is 0 Å². The molecule has 0 saturated heterocycles. The highest BCUT2D eigenvalue weighted by atomic mass is 19.1. The van der Waals surface area contributed by atoms with Crippen LogP contribution in [-0.2, 0) is 6.54 Å². The second-order valence-corrected chi connectivity index (χ2v) is 4.86. The van der Waals surface area contributed by atoms with E-state index in [-0.39, 0.29) is 11.6 Å². The van der Waals surface area contributed by atoms with Gasteiger partial charge < -0.3 is 10.1 Å². The van der Waals surface area contributed by atoms with Crippen LogP contribution in [0.3, 0.4) is 0 Å². The molecule has 0 unspecified atom stereocenters. The van der Waals surface area contributed by atoms with Gasteiger partial charge in [0.2, 0.25) is 0 Å². The molecule has 0 saturated carbocycles. The standard InChI is InChI=1S/C17H20FNO/c1-3-10-19-12-14-6-9-17(16(18)11-14)20-15-7-4-13(2)5-8-15/h4-9,11,19H,3,10,12H2,1-2H3. The van der Waals surface area contributed by atoms with E-state index in [2.05, 4.69) is 12.2 Å². The summed E-state index contributed by atoms with van der Waals surface area (Å²) in [6, 6.07) is 12.6. The zero-order valence-corrected chi connectivity index (χ0v) is 11.9. The van der Waals surface area contributed by atoms with Gasteiger partial charge in [0, 0.05) is 6.54 Å². The predicted octanol–water partition coefficient (Wildman–Crippen LogP) is 4.43. The third-order valence-electron chi connectivity index (χ3n) is 3.00. The summed E-state index contributed by atoms with van der Waals surface area (Å²) >= 11 is 0. The lowest BCUT2D eigenvalue weighted by atomic mass is 10.2. The molecule has 3 heteroatoms. The fourth-order valence-corrected chi connectivity index (χ4v) is 1.88. The summed E-state index contributed by atoms with van der Waals surface area (Å²) in [7, 11) is 0. The van der Waals surface area contributed by atoms with E-state index in [0.29, 0.717) is 12.3 Å². The van der Waals surface area contributed by atoms with E-state index in [4.69, 9.17) is 4.74 Å². The molecule has 2 nitrogen and oxygen atoms in total. The first-order valence-electron chi connectivity index (χ1n) is 6.92. The van der Waals surface area contributed by atoms with Crippen molar-refractivity contribution in [2.75, 3.05) is 6.54 Å². The summed E-state index contributed by atoms with van der Waals surface area (Å²) in [5, 5.41) is 3.25. The molecule has 20 heavy (non-hydrogen) atoms. The highest BCUT2D eigenvalue weighted by Gasteiger charge is 2.06. The fourth-order valence-electron chi connectivity index (χ4n) is 1.88. The Morgan fingerprint density at radius 1 is 1.10 bits per heavy atom. The highest BCUT2D eigenvalue weighted by molar-refractivity contribution is 5.35. The van der Waals surface area contributed by atoms with Gasteiger partial charge in [-0.3, -0.25) is 0 Å². The molecular formula is C17H20FNO. The average molecular weight is 273 g/mol. The summed E-state index contributed by atoms with van der Waals surface area (Å²) in [6.07, 6.45) is 1.07. The molecule has 2 aromatic rings. The van der Waals surface area contributed by atoms with E-state index in [9.17, 15) is 4.39 Å². The maximum absolute atomic E-state index is 14.0. The third kappa shape index (κ3) is 4.07. The van der Waals surface area contributed by atoms with E-state index in [1.54, 1.807) is 6.07 Å². The van der Waals surface area contributed by atoms with Crippen LogP contribution in [0.25, 0.3) is 0 Å². The Hall–Kier alpha value is -1.87. The maximum Gasteiger partial charge on any atom is 0.166 e. The maximum atomic E-state index is 14.0. The van der Waals surface area contributed by atoms with Crippen molar-refractivity contribution < 1.29 is 9.13 Å². The van der Waals surface area contributed by atoms with Gasteiger partial charge >= 0.3 is 0 Å². The minimum atomic E-state index is -0.332. The molecule has 2 rings (SSSR count). The number of hydrogen-bond donors (Lipinski definition) is 1. The van der Waals surface area contributed by atoms with Crippen LogP contribution in [-0.4, -0.2) is 6.54 Å². The largest absolute Gasteiger partial charge is 0.454 e. The average Bonchev–Trinajstić information content (AvgIpc) is 2.44. The van der Waals surface area contributed by atoms with Gasteiger partial charge in [-0.2, -0.15) is 0 Å². The van der Waals surface area contributed by atoms with Gasteiger partial charge in [0.1, 0.15) is 5.75 Å². The molecular weight excluding hydrogens is 253 g/mol. The smallest absolute Gasteiger partial charge is 0.166 e. The number of ether oxygens (including phenoxy) is 1. The second kappa shape index (κ2) is 7.06. The van der Waals surface area contributed by atoms with Gasteiger partial charge in [-0.15, -0.1) is 0 Å². The molecule has 1 N–H and O–H groups in total. The molecule has 0 bridgehead atoms.